The van der Waals surface area contributed by atoms with Gasteiger partial charge in [-0.25, -0.2) is 0 Å². The summed E-state index contributed by atoms with van der Waals surface area (Å²) in [5, 5.41) is 5.94. The predicted molar refractivity (Wildman–Crippen MR) is 71.8 cm³/mol. The van der Waals surface area contributed by atoms with Gasteiger partial charge in [-0.15, -0.1) is 0 Å². The highest BCUT2D eigenvalue weighted by atomic mass is 16.5. The number of nitrogens with one attached hydrogen (secondary N) is 2. The fourth-order valence-corrected chi connectivity index (χ4v) is 2.06. The first-order valence-electron chi connectivity index (χ1n) is 6.43. The molecule has 1 aliphatic heterocycles. The van der Waals surface area contributed by atoms with E-state index in [1.165, 1.54) is 11.1 Å². The van der Waals surface area contributed by atoms with Gasteiger partial charge in [0.15, 0.2) is 0 Å². The van der Waals surface area contributed by atoms with Gasteiger partial charge in [-0.1, -0.05) is 12.1 Å². The van der Waals surface area contributed by atoms with Gasteiger partial charge in [-0.05, 0) is 37.1 Å². The number of fused-ring (bicyclic) bond motifs is 1. The second-order valence-electron chi connectivity index (χ2n) is 4.51. The Morgan fingerprint density at radius 2 is 2.22 bits per heavy atom. The molecule has 0 saturated carbocycles. The van der Waals surface area contributed by atoms with Crippen molar-refractivity contribution in [1.29, 1.82) is 0 Å². The quantitative estimate of drug-likeness (QED) is 0.747. The van der Waals surface area contributed by atoms with Crippen LogP contribution in [0.5, 0.6) is 0 Å². The van der Waals surface area contributed by atoms with Gasteiger partial charge in [0.25, 0.3) is 0 Å². The molecule has 1 amide bonds. The number of amides is 1. The highest BCUT2D eigenvalue weighted by Crippen LogP contribution is 2.23. The average molecular weight is 248 g/mol. The number of aryl methyl sites for hydroxylation is 1. The van der Waals surface area contributed by atoms with Crippen molar-refractivity contribution in [2.45, 2.75) is 19.3 Å². The lowest BCUT2D eigenvalue weighted by molar-refractivity contribution is -0.116. The molecule has 0 spiro atoms. The standard InChI is InChI=1S/C14H20N2O2/c1-15-7-9-18-8-6-11-2-4-13-12(10-11)3-5-14(17)16-13/h2,4,10,15H,3,5-9H2,1H3,(H,16,17). The molecule has 98 valence electrons. The lowest BCUT2D eigenvalue weighted by Gasteiger charge is -2.17. The number of hydrogen-bond donors (Lipinski definition) is 2. The second kappa shape index (κ2) is 6.52. The van der Waals surface area contributed by atoms with Crippen LogP contribution in [0, 0.1) is 0 Å². The van der Waals surface area contributed by atoms with Crippen molar-refractivity contribution in [3.05, 3.63) is 29.3 Å². The first-order valence-corrected chi connectivity index (χ1v) is 6.43. The molecule has 4 heteroatoms. The van der Waals surface area contributed by atoms with E-state index in [1.54, 1.807) is 0 Å². The molecule has 2 N–H and O–H groups in total. The van der Waals surface area contributed by atoms with Crippen molar-refractivity contribution >= 4 is 11.6 Å². The van der Waals surface area contributed by atoms with Crippen LogP contribution in [0.2, 0.25) is 0 Å². The maximum atomic E-state index is 11.2. The summed E-state index contributed by atoms with van der Waals surface area (Å²) in [6.07, 6.45) is 2.36. The summed E-state index contributed by atoms with van der Waals surface area (Å²) in [6.45, 7) is 2.38. The van der Waals surface area contributed by atoms with Gasteiger partial charge in [0.05, 0.1) is 13.2 Å². The molecule has 18 heavy (non-hydrogen) atoms. The molecule has 1 aromatic rings. The third-order valence-electron chi connectivity index (χ3n) is 3.10. The summed E-state index contributed by atoms with van der Waals surface area (Å²) in [5.41, 5.74) is 3.47. The average Bonchev–Trinajstić information content (AvgIpc) is 2.38. The zero-order valence-corrected chi connectivity index (χ0v) is 10.8. The van der Waals surface area contributed by atoms with E-state index in [9.17, 15) is 4.79 Å². The molecule has 0 bridgehead atoms. The first-order chi connectivity index (χ1) is 8.79. The molecule has 1 heterocycles. The molecule has 0 fully saturated rings. The topological polar surface area (TPSA) is 50.4 Å². The molecule has 1 aliphatic rings. The zero-order valence-electron chi connectivity index (χ0n) is 10.8. The predicted octanol–water partition coefficient (Wildman–Crippen LogP) is 1.35. The maximum absolute atomic E-state index is 11.2. The van der Waals surface area contributed by atoms with E-state index in [0.717, 1.165) is 38.3 Å². The van der Waals surface area contributed by atoms with E-state index in [4.69, 9.17) is 4.74 Å². The van der Waals surface area contributed by atoms with Crippen LogP contribution in [0.3, 0.4) is 0 Å². The number of hydrogen-bond acceptors (Lipinski definition) is 3. The molecule has 0 aliphatic carbocycles. The Hall–Kier alpha value is -1.39. The lowest BCUT2D eigenvalue weighted by Crippen LogP contribution is -2.19. The molecule has 4 nitrogen and oxygen atoms in total. The lowest BCUT2D eigenvalue weighted by atomic mass is 9.99. The molecule has 0 aromatic heterocycles. The molecular formula is C14H20N2O2. The van der Waals surface area contributed by atoms with Crippen LogP contribution >= 0.6 is 0 Å². The Kier molecular flexibility index (Phi) is 4.73. The van der Waals surface area contributed by atoms with E-state index < -0.39 is 0 Å². The van der Waals surface area contributed by atoms with Crippen LogP contribution < -0.4 is 10.6 Å². The summed E-state index contributed by atoms with van der Waals surface area (Å²) < 4.78 is 5.51. The minimum absolute atomic E-state index is 0.116. The van der Waals surface area contributed by atoms with E-state index in [0.29, 0.717) is 6.42 Å². The van der Waals surface area contributed by atoms with Gasteiger partial charge in [-0.2, -0.15) is 0 Å². The van der Waals surface area contributed by atoms with Crippen molar-refractivity contribution in [2.75, 3.05) is 32.1 Å². The summed E-state index contributed by atoms with van der Waals surface area (Å²) >= 11 is 0. The number of ether oxygens (including phenoxy) is 1. The number of anilines is 1. The van der Waals surface area contributed by atoms with Gasteiger partial charge in [0.2, 0.25) is 5.91 Å². The highest BCUT2D eigenvalue weighted by Gasteiger charge is 2.14. The summed E-state index contributed by atoms with van der Waals surface area (Å²) in [5.74, 6) is 0.116. The largest absolute Gasteiger partial charge is 0.380 e. The van der Waals surface area contributed by atoms with Gasteiger partial charge in [-0.3, -0.25) is 4.79 Å². The Morgan fingerprint density at radius 1 is 1.33 bits per heavy atom. The third-order valence-corrected chi connectivity index (χ3v) is 3.10. The smallest absolute Gasteiger partial charge is 0.224 e. The Labute approximate surface area is 108 Å². The van der Waals surface area contributed by atoms with Crippen LogP contribution in [0.15, 0.2) is 18.2 Å². The molecular weight excluding hydrogens is 228 g/mol. The Balaban J connectivity index is 1.85. The van der Waals surface area contributed by atoms with Gasteiger partial charge in [0, 0.05) is 18.7 Å². The van der Waals surface area contributed by atoms with E-state index >= 15 is 0 Å². The van der Waals surface area contributed by atoms with Gasteiger partial charge in [0.1, 0.15) is 0 Å². The van der Waals surface area contributed by atoms with Crippen LogP contribution in [0.4, 0.5) is 5.69 Å². The maximum Gasteiger partial charge on any atom is 0.224 e. The molecule has 2 rings (SSSR count). The van der Waals surface area contributed by atoms with Crippen molar-refractivity contribution < 1.29 is 9.53 Å². The summed E-state index contributed by atoms with van der Waals surface area (Å²) in [6, 6.07) is 6.23. The number of benzene rings is 1. The number of likely N-dealkylation sites (N-methyl/N-ethyl adjacent to an activating group) is 1. The van der Waals surface area contributed by atoms with Crippen molar-refractivity contribution in [3.63, 3.8) is 0 Å². The zero-order chi connectivity index (χ0) is 12.8. The summed E-state index contributed by atoms with van der Waals surface area (Å²) in [7, 11) is 1.92. The monoisotopic (exact) mass is 248 g/mol. The van der Waals surface area contributed by atoms with Crippen LogP contribution in [0.25, 0.3) is 0 Å². The normalized spacial score (nSPS) is 14.2. The van der Waals surface area contributed by atoms with Crippen LogP contribution in [0.1, 0.15) is 17.5 Å². The van der Waals surface area contributed by atoms with Crippen molar-refractivity contribution in [3.8, 4) is 0 Å². The second-order valence-corrected chi connectivity index (χ2v) is 4.51. The first kappa shape index (κ1) is 13.1. The minimum atomic E-state index is 0.116. The van der Waals surface area contributed by atoms with Crippen molar-refractivity contribution in [2.24, 2.45) is 0 Å². The SMILES string of the molecule is CNCCOCCc1ccc2c(c1)CCC(=O)N2. The molecule has 1 aromatic carbocycles. The molecule has 0 saturated heterocycles. The number of carbonyl (C=O) groups excluding carboxylic acids is 1. The van der Waals surface area contributed by atoms with Crippen LogP contribution in [-0.4, -0.2) is 32.7 Å². The molecule has 0 atom stereocenters. The van der Waals surface area contributed by atoms with Crippen LogP contribution in [-0.2, 0) is 22.4 Å². The van der Waals surface area contributed by atoms with Crippen molar-refractivity contribution in [1.82, 2.24) is 5.32 Å². The van der Waals surface area contributed by atoms with E-state index in [-0.39, 0.29) is 5.91 Å². The third kappa shape index (κ3) is 3.55. The minimum Gasteiger partial charge on any atom is -0.380 e. The number of carbonyl (C=O) groups is 1. The highest BCUT2D eigenvalue weighted by molar-refractivity contribution is 5.93. The van der Waals surface area contributed by atoms with Gasteiger partial charge < -0.3 is 15.4 Å². The number of rotatable bonds is 6. The molecule has 0 unspecified atom stereocenters. The fourth-order valence-electron chi connectivity index (χ4n) is 2.06. The Bertz CT molecular complexity index is 418. The Morgan fingerprint density at radius 3 is 3.06 bits per heavy atom. The van der Waals surface area contributed by atoms with E-state index in [2.05, 4.69) is 22.8 Å². The van der Waals surface area contributed by atoms with Gasteiger partial charge >= 0.3 is 0 Å². The fraction of sp³-hybridized carbons (Fsp3) is 0.500. The molecule has 0 radical (unpaired) electrons. The van der Waals surface area contributed by atoms with E-state index in [1.807, 2.05) is 13.1 Å². The summed E-state index contributed by atoms with van der Waals surface area (Å²) in [4.78, 5) is 11.2.